The van der Waals surface area contributed by atoms with Crippen molar-refractivity contribution in [1.82, 2.24) is 4.98 Å². The topological polar surface area (TPSA) is 85.8 Å². The number of esters is 1. The van der Waals surface area contributed by atoms with Crippen molar-refractivity contribution >= 4 is 34.1 Å². The Bertz CT molecular complexity index is 1140. The van der Waals surface area contributed by atoms with Crippen molar-refractivity contribution in [3.63, 3.8) is 0 Å². The zero-order valence-corrected chi connectivity index (χ0v) is 19.0. The quantitative estimate of drug-likeness (QED) is 0.655. The van der Waals surface area contributed by atoms with Gasteiger partial charge in [0.2, 0.25) is 0 Å². The van der Waals surface area contributed by atoms with Gasteiger partial charge in [0.15, 0.2) is 16.7 Å². The molecule has 1 aliphatic carbocycles. The first-order valence-corrected chi connectivity index (χ1v) is 11.7. The molecule has 0 saturated heterocycles. The van der Waals surface area contributed by atoms with E-state index in [0.717, 1.165) is 30.5 Å². The molecule has 1 fully saturated rings. The number of benzene rings is 1. The predicted molar refractivity (Wildman–Crippen MR) is 118 cm³/mol. The molecule has 0 radical (unpaired) electrons. The van der Waals surface area contributed by atoms with Crippen LogP contribution >= 0.6 is 11.3 Å². The molecule has 2 aliphatic heterocycles. The fourth-order valence-corrected chi connectivity index (χ4v) is 5.79. The summed E-state index contributed by atoms with van der Waals surface area (Å²) < 4.78 is 11.0. The van der Waals surface area contributed by atoms with Crippen LogP contribution in [0, 0.1) is 18.8 Å². The maximum atomic E-state index is 13.7. The Balaban J connectivity index is 1.61. The van der Waals surface area contributed by atoms with Gasteiger partial charge in [-0.1, -0.05) is 19.1 Å². The van der Waals surface area contributed by atoms with Crippen LogP contribution in [0.15, 0.2) is 41.0 Å². The van der Waals surface area contributed by atoms with Gasteiger partial charge in [-0.15, -0.1) is 11.3 Å². The number of nitrogens with zero attached hydrogens (tertiary/aromatic N) is 2. The normalized spacial score (nSPS) is 27.2. The van der Waals surface area contributed by atoms with E-state index < -0.39 is 12.0 Å². The van der Waals surface area contributed by atoms with Gasteiger partial charge in [-0.25, -0.2) is 9.78 Å². The Morgan fingerprint density at radius 2 is 1.97 bits per heavy atom. The maximum Gasteiger partial charge on any atom is 0.337 e. The number of methoxy groups -OCH3 is 1. The second-order valence-electron chi connectivity index (χ2n) is 8.75. The van der Waals surface area contributed by atoms with E-state index in [1.807, 2.05) is 12.3 Å². The van der Waals surface area contributed by atoms with Crippen molar-refractivity contribution < 1.29 is 23.9 Å². The van der Waals surface area contributed by atoms with E-state index >= 15 is 0 Å². The standard InChI is InChI=1S/C24H24N2O5S/c1-12-4-9-17-16(10-12)20(27)18-19(14-5-7-15(8-6-14)23(29)30-3)26(22(28)21(18)31-17)24-25-13(2)11-32-24/h5-8,11-12,16-17,19H,4,9-10H2,1-3H3. The Hall–Kier alpha value is -3.00. The lowest BCUT2D eigenvalue weighted by Gasteiger charge is -2.37. The molecule has 166 valence electrons. The molecule has 5 rings (SSSR count). The number of aryl methyl sites for hydroxylation is 1. The number of rotatable bonds is 3. The summed E-state index contributed by atoms with van der Waals surface area (Å²) in [5.74, 6) is -0.419. The number of fused-ring (bicyclic) bond motifs is 1. The van der Waals surface area contributed by atoms with Crippen LogP contribution in [-0.4, -0.2) is 35.9 Å². The first-order chi connectivity index (χ1) is 15.4. The number of ether oxygens (including phenoxy) is 2. The zero-order chi connectivity index (χ0) is 22.6. The number of thiazole rings is 1. The molecular weight excluding hydrogens is 428 g/mol. The number of aromatic nitrogens is 1. The van der Waals surface area contributed by atoms with Gasteiger partial charge in [0.1, 0.15) is 6.10 Å². The van der Waals surface area contributed by atoms with Crippen LogP contribution in [0.3, 0.4) is 0 Å². The lowest BCUT2D eigenvalue weighted by molar-refractivity contribution is -0.132. The van der Waals surface area contributed by atoms with Crippen molar-refractivity contribution in [3.8, 4) is 0 Å². The van der Waals surface area contributed by atoms with E-state index in [1.54, 1.807) is 29.2 Å². The summed E-state index contributed by atoms with van der Waals surface area (Å²) in [5, 5.41) is 2.40. The van der Waals surface area contributed by atoms with Gasteiger partial charge in [0, 0.05) is 5.38 Å². The van der Waals surface area contributed by atoms with Gasteiger partial charge in [0.25, 0.3) is 5.91 Å². The van der Waals surface area contributed by atoms with E-state index in [-0.39, 0.29) is 29.5 Å². The second-order valence-corrected chi connectivity index (χ2v) is 9.59. The number of hydrogen-bond acceptors (Lipinski definition) is 7. The Morgan fingerprint density at radius 1 is 1.22 bits per heavy atom. The molecule has 1 aromatic heterocycles. The molecule has 0 N–H and O–H groups in total. The van der Waals surface area contributed by atoms with E-state index in [9.17, 15) is 14.4 Å². The number of carbonyl (C=O) groups is 3. The van der Waals surface area contributed by atoms with E-state index in [0.29, 0.717) is 22.2 Å². The minimum atomic E-state index is -0.638. The number of Topliss-reactive ketones (excluding diaryl/α,β-unsaturated/α-hetero) is 1. The number of ketones is 1. The third-order valence-electron chi connectivity index (χ3n) is 6.57. The molecule has 3 heterocycles. The second kappa shape index (κ2) is 7.85. The molecule has 0 bridgehead atoms. The van der Waals surface area contributed by atoms with Gasteiger partial charge in [-0.05, 0) is 49.8 Å². The molecule has 4 atom stereocenters. The fourth-order valence-electron chi connectivity index (χ4n) is 4.96. The van der Waals surface area contributed by atoms with Crippen molar-refractivity contribution in [3.05, 3.63) is 57.8 Å². The highest BCUT2D eigenvalue weighted by atomic mass is 32.1. The molecule has 0 spiro atoms. The summed E-state index contributed by atoms with van der Waals surface area (Å²) in [5.41, 5.74) is 2.34. The molecule has 1 saturated carbocycles. The average Bonchev–Trinajstić information content (AvgIpc) is 3.35. The largest absolute Gasteiger partial charge is 0.483 e. The predicted octanol–water partition coefficient (Wildman–Crippen LogP) is 3.98. The number of amides is 1. The molecule has 1 amide bonds. The van der Waals surface area contributed by atoms with Crippen molar-refractivity contribution in [2.45, 2.75) is 45.3 Å². The lowest BCUT2D eigenvalue weighted by Crippen LogP contribution is -2.41. The van der Waals surface area contributed by atoms with E-state index in [1.165, 1.54) is 18.4 Å². The molecule has 7 nitrogen and oxygen atoms in total. The van der Waals surface area contributed by atoms with Gasteiger partial charge >= 0.3 is 5.97 Å². The minimum absolute atomic E-state index is 0.00558. The van der Waals surface area contributed by atoms with E-state index in [4.69, 9.17) is 9.47 Å². The zero-order valence-electron chi connectivity index (χ0n) is 18.2. The molecule has 1 aromatic carbocycles. The molecule has 4 unspecified atom stereocenters. The third-order valence-corrected chi connectivity index (χ3v) is 7.53. The fraction of sp³-hybridized carbons (Fsp3) is 0.417. The lowest BCUT2D eigenvalue weighted by atomic mass is 9.74. The summed E-state index contributed by atoms with van der Waals surface area (Å²) in [6.07, 6.45) is 2.27. The first kappa shape index (κ1) is 20.9. The molecule has 2 aromatic rings. The van der Waals surface area contributed by atoms with Gasteiger partial charge in [0.05, 0.1) is 35.9 Å². The van der Waals surface area contributed by atoms with Crippen LogP contribution in [0.2, 0.25) is 0 Å². The van der Waals surface area contributed by atoms with Crippen LogP contribution in [0.4, 0.5) is 5.13 Å². The summed E-state index contributed by atoms with van der Waals surface area (Å²) in [6.45, 7) is 4.02. The highest BCUT2D eigenvalue weighted by Gasteiger charge is 2.53. The van der Waals surface area contributed by atoms with Crippen molar-refractivity contribution in [1.29, 1.82) is 0 Å². The van der Waals surface area contributed by atoms with Crippen LogP contribution in [0.1, 0.15) is 53.8 Å². The van der Waals surface area contributed by atoms with Crippen LogP contribution in [0.5, 0.6) is 0 Å². The van der Waals surface area contributed by atoms with Crippen molar-refractivity contribution in [2.24, 2.45) is 11.8 Å². The van der Waals surface area contributed by atoms with Gasteiger partial charge in [-0.3, -0.25) is 14.5 Å². The Labute approximate surface area is 190 Å². The molecule has 3 aliphatic rings. The number of anilines is 1. The Kier molecular flexibility index (Phi) is 5.12. The SMILES string of the molecule is COC(=O)c1ccc(C2C3=C(OC4CCC(C)CC4C3=O)C(=O)N2c2nc(C)cs2)cc1. The maximum absolute atomic E-state index is 13.7. The summed E-state index contributed by atoms with van der Waals surface area (Å²) in [7, 11) is 1.33. The number of hydrogen-bond donors (Lipinski definition) is 0. The summed E-state index contributed by atoms with van der Waals surface area (Å²) in [6, 6.07) is 6.18. The van der Waals surface area contributed by atoms with Crippen molar-refractivity contribution in [2.75, 3.05) is 12.0 Å². The molecular formula is C24H24N2O5S. The summed E-state index contributed by atoms with van der Waals surface area (Å²) in [4.78, 5) is 45.2. The minimum Gasteiger partial charge on any atom is -0.483 e. The highest BCUT2D eigenvalue weighted by molar-refractivity contribution is 7.14. The number of carbonyl (C=O) groups excluding carboxylic acids is 3. The monoisotopic (exact) mass is 452 g/mol. The molecule has 8 heteroatoms. The smallest absolute Gasteiger partial charge is 0.337 e. The molecule has 32 heavy (non-hydrogen) atoms. The first-order valence-electron chi connectivity index (χ1n) is 10.8. The van der Waals surface area contributed by atoms with Crippen LogP contribution in [-0.2, 0) is 19.1 Å². The Morgan fingerprint density at radius 3 is 2.62 bits per heavy atom. The van der Waals surface area contributed by atoms with Crippen LogP contribution in [0.25, 0.3) is 0 Å². The highest BCUT2D eigenvalue weighted by Crippen LogP contribution is 2.49. The average molecular weight is 453 g/mol. The third kappa shape index (κ3) is 3.24. The summed E-state index contributed by atoms with van der Waals surface area (Å²) >= 11 is 1.36. The van der Waals surface area contributed by atoms with Gasteiger partial charge < -0.3 is 9.47 Å². The van der Waals surface area contributed by atoms with Gasteiger partial charge in [-0.2, -0.15) is 0 Å². The van der Waals surface area contributed by atoms with Crippen LogP contribution < -0.4 is 4.90 Å². The van der Waals surface area contributed by atoms with E-state index in [2.05, 4.69) is 11.9 Å².